The third-order valence-electron chi connectivity index (χ3n) is 10.8. The SMILES string of the molecule is CN1CCC(C2CCN([C@]3(CC=O)C[C@H](N4Cc5sccc5NC4=O)CCN3C(=O)OCc3ccc4[nH]ncc4c3)CC2)CC1. The Hall–Kier alpha value is -3.48. The van der Waals surface area contributed by atoms with E-state index >= 15 is 0 Å². The molecule has 0 radical (unpaired) electrons. The van der Waals surface area contributed by atoms with Gasteiger partial charge in [-0.25, -0.2) is 9.59 Å². The molecule has 0 saturated carbocycles. The van der Waals surface area contributed by atoms with Crippen LogP contribution in [-0.4, -0.2) is 99.7 Å². The third kappa shape index (κ3) is 5.95. The molecule has 1 aromatic carbocycles. The van der Waals surface area contributed by atoms with Crippen LogP contribution >= 0.6 is 11.3 Å². The fraction of sp³-hybridized carbons (Fsp3) is 0.576. The first-order valence-electron chi connectivity index (χ1n) is 16.3. The maximum absolute atomic E-state index is 14.0. The Balaban J connectivity index is 1.12. The summed E-state index contributed by atoms with van der Waals surface area (Å²) in [6, 6.07) is 7.56. The quantitative estimate of drug-likeness (QED) is 0.348. The molecule has 6 heterocycles. The summed E-state index contributed by atoms with van der Waals surface area (Å²) >= 11 is 1.64. The van der Waals surface area contributed by atoms with Gasteiger partial charge < -0.3 is 24.6 Å². The first-order valence-corrected chi connectivity index (χ1v) is 17.2. The van der Waals surface area contributed by atoms with Crippen molar-refractivity contribution in [3.8, 4) is 0 Å². The average Bonchev–Trinajstić information content (AvgIpc) is 3.73. The second kappa shape index (κ2) is 12.7. The van der Waals surface area contributed by atoms with Crippen LogP contribution in [0.4, 0.5) is 15.3 Å². The molecule has 45 heavy (non-hydrogen) atoms. The highest BCUT2D eigenvalue weighted by molar-refractivity contribution is 7.10. The standard InChI is InChI=1S/C33H43N7O4S/c1-37-11-4-24(5-12-37)25-6-13-38(14-7-25)33(10-16-41)19-27(39-21-30-29(9-17-45-30)35-31(39)42)8-15-40(33)32(43)44-22-23-2-3-28-26(18-23)20-34-36-28/h2-3,9,16-18,20,24-25,27H,4-8,10-15,19,21-22H2,1H3,(H,34,36)(H,35,42)/t27-,33+/m1/s1. The van der Waals surface area contributed by atoms with Crippen molar-refractivity contribution in [2.24, 2.45) is 11.8 Å². The number of ether oxygens (including phenoxy) is 1. The zero-order valence-electron chi connectivity index (χ0n) is 26.0. The summed E-state index contributed by atoms with van der Waals surface area (Å²) in [7, 11) is 2.20. The van der Waals surface area contributed by atoms with Crippen molar-refractivity contribution in [1.82, 2.24) is 29.8 Å². The molecule has 3 amide bonds. The van der Waals surface area contributed by atoms with E-state index in [0.29, 0.717) is 31.8 Å². The number of H-pyrrole nitrogens is 1. The molecule has 2 N–H and O–H groups in total. The minimum Gasteiger partial charge on any atom is -0.445 e. The molecule has 0 unspecified atom stereocenters. The number of aldehydes is 1. The van der Waals surface area contributed by atoms with Gasteiger partial charge in [-0.3, -0.25) is 14.9 Å². The average molecular weight is 634 g/mol. The number of aromatic amines is 1. The van der Waals surface area contributed by atoms with Gasteiger partial charge in [-0.2, -0.15) is 5.10 Å². The van der Waals surface area contributed by atoms with Crippen LogP contribution in [0.1, 0.15) is 55.4 Å². The number of benzene rings is 1. The number of nitrogens with zero attached hydrogens (tertiary/aromatic N) is 5. The minimum absolute atomic E-state index is 0.112. The van der Waals surface area contributed by atoms with Crippen LogP contribution in [0.5, 0.6) is 0 Å². The van der Waals surface area contributed by atoms with Gasteiger partial charge in [-0.1, -0.05) is 6.07 Å². The van der Waals surface area contributed by atoms with Crippen molar-refractivity contribution >= 4 is 46.3 Å². The van der Waals surface area contributed by atoms with Crippen molar-refractivity contribution in [2.75, 3.05) is 45.1 Å². The van der Waals surface area contributed by atoms with Crippen LogP contribution in [0.3, 0.4) is 0 Å². The van der Waals surface area contributed by atoms with Crippen LogP contribution in [0.15, 0.2) is 35.8 Å². The summed E-state index contributed by atoms with van der Waals surface area (Å²) in [5.41, 5.74) is 1.83. The Morgan fingerprint density at radius 2 is 1.87 bits per heavy atom. The number of amides is 3. The number of hydrogen-bond donors (Lipinski definition) is 2. The van der Waals surface area contributed by atoms with Crippen molar-refractivity contribution in [3.63, 3.8) is 0 Å². The first-order chi connectivity index (χ1) is 21.9. The van der Waals surface area contributed by atoms with E-state index in [0.717, 1.165) is 78.3 Å². The van der Waals surface area contributed by atoms with Crippen LogP contribution in [0.25, 0.3) is 10.9 Å². The summed E-state index contributed by atoms with van der Waals surface area (Å²) in [5.74, 6) is 1.39. The smallest absolute Gasteiger partial charge is 0.411 e. The van der Waals surface area contributed by atoms with Gasteiger partial charge in [-0.15, -0.1) is 11.3 Å². The van der Waals surface area contributed by atoms with Crippen molar-refractivity contribution in [2.45, 2.75) is 69.8 Å². The highest BCUT2D eigenvalue weighted by atomic mass is 32.1. The second-order valence-electron chi connectivity index (χ2n) is 13.3. The highest BCUT2D eigenvalue weighted by Gasteiger charge is 2.52. The van der Waals surface area contributed by atoms with Gasteiger partial charge in [-0.05, 0) is 93.2 Å². The molecule has 3 aromatic rings. The number of anilines is 1. The second-order valence-corrected chi connectivity index (χ2v) is 14.3. The Morgan fingerprint density at radius 1 is 1.09 bits per heavy atom. The number of likely N-dealkylation sites (tertiary alicyclic amines) is 3. The molecule has 4 aliphatic rings. The third-order valence-corrected chi connectivity index (χ3v) is 11.7. The lowest BCUT2D eigenvalue weighted by Gasteiger charge is -2.57. The van der Waals surface area contributed by atoms with E-state index in [9.17, 15) is 14.4 Å². The molecule has 3 fully saturated rings. The predicted molar refractivity (Wildman–Crippen MR) is 173 cm³/mol. The van der Waals surface area contributed by atoms with Crippen molar-refractivity contribution in [1.29, 1.82) is 0 Å². The largest absolute Gasteiger partial charge is 0.445 e. The maximum atomic E-state index is 14.0. The normalized spacial score (nSPS) is 25.7. The Morgan fingerprint density at radius 3 is 2.64 bits per heavy atom. The molecular formula is C33H43N7O4S. The van der Waals surface area contributed by atoms with Crippen LogP contribution in [0, 0.1) is 11.8 Å². The number of piperidine rings is 3. The molecule has 7 rings (SSSR count). The minimum atomic E-state index is -0.857. The lowest BCUT2D eigenvalue weighted by Crippen LogP contribution is -2.69. The van der Waals surface area contributed by atoms with E-state index in [1.165, 1.54) is 12.8 Å². The summed E-state index contributed by atoms with van der Waals surface area (Å²) in [6.07, 6.45) is 8.18. The molecule has 2 aromatic heterocycles. The molecule has 240 valence electrons. The van der Waals surface area contributed by atoms with E-state index in [1.54, 1.807) is 17.5 Å². The molecule has 12 heteroatoms. The summed E-state index contributed by atoms with van der Waals surface area (Å²) in [4.78, 5) is 49.4. The fourth-order valence-corrected chi connectivity index (χ4v) is 9.06. The van der Waals surface area contributed by atoms with E-state index < -0.39 is 11.8 Å². The number of thiophene rings is 1. The first kappa shape index (κ1) is 30.2. The lowest BCUT2D eigenvalue weighted by molar-refractivity contribution is -0.129. The van der Waals surface area contributed by atoms with Gasteiger partial charge in [0.25, 0.3) is 0 Å². The van der Waals surface area contributed by atoms with E-state index in [2.05, 4.69) is 32.4 Å². The van der Waals surface area contributed by atoms with E-state index in [1.807, 2.05) is 39.4 Å². The number of carbonyl (C=O) groups excluding carboxylic acids is 3. The predicted octanol–water partition coefficient (Wildman–Crippen LogP) is 5.11. The molecule has 11 nitrogen and oxygen atoms in total. The van der Waals surface area contributed by atoms with Crippen LogP contribution in [0.2, 0.25) is 0 Å². The fourth-order valence-electron chi connectivity index (χ4n) is 8.23. The number of carbonyl (C=O) groups is 3. The molecular weight excluding hydrogens is 590 g/mol. The highest BCUT2D eigenvalue weighted by Crippen LogP contribution is 2.42. The number of nitrogens with one attached hydrogen (secondary N) is 2. The van der Waals surface area contributed by atoms with Crippen molar-refractivity contribution < 1.29 is 19.1 Å². The topological polar surface area (TPSA) is 114 Å². The van der Waals surface area contributed by atoms with Gasteiger partial charge in [0.1, 0.15) is 18.6 Å². The van der Waals surface area contributed by atoms with Crippen molar-refractivity contribution in [3.05, 3.63) is 46.3 Å². The van der Waals surface area contributed by atoms with E-state index in [-0.39, 0.29) is 25.1 Å². The van der Waals surface area contributed by atoms with E-state index in [4.69, 9.17) is 4.74 Å². The zero-order chi connectivity index (χ0) is 31.0. The lowest BCUT2D eigenvalue weighted by atomic mass is 9.77. The Labute approximate surface area is 267 Å². The van der Waals surface area contributed by atoms with Gasteiger partial charge in [0.05, 0.1) is 23.9 Å². The maximum Gasteiger partial charge on any atom is 0.411 e. The molecule has 0 aliphatic carbocycles. The Kier molecular flexibility index (Phi) is 8.54. The zero-order valence-corrected chi connectivity index (χ0v) is 26.8. The molecule has 0 bridgehead atoms. The van der Waals surface area contributed by atoms with Crippen LogP contribution < -0.4 is 5.32 Å². The number of hydrogen-bond acceptors (Lipinski definition) is 8. The summed E-state index contributed by atoms with van der Waals surface area (Å²) < 4.78 is 5.97. The molecule has 3 saturated heterocycles. The summed E-state index contributed by atoms with van der Waals surface area (Å²) in [5, 5.41) is 13.1. The van der Waals surface area contributed by atoms with Gasteiger partial charge in [0.15, 0.2) is 0 Å². The molecule has 4 aliphatic heterocycles. The Bertz CT molecular complexity index is 1530. The molecule has 2 atom stereocenters. The number of urea groups is 1. The van der Waals surface area contributed by atoms with Gasteiger partial charge in [0.2, 0.25) is 0 Å². The molecule has 0 spiro atoms. The number of rotatable bonds is 7. The van der Waals surface area contributed by atoms with Crippen LogP contribution in [-0.2, 0) is 22.7 Å². The monoisotopic (exact) mass is 633 g/mol. The number of fused-ring (bicyclic) bond motifs is 2. The van der Waals surface area contributed by atoms with Gasteiger partial charge >= 0.3 is 12.1 Å². The summed E-state index contributed by atoms with van der Waals surface area (Å²) in [6.45, 7) is 5.02. The number of aromatic nitrogens is 2. The van der Waals surface area contributed by atoms with Gasteiger partial charge in [0, 0.05) is 48.8 Å².